The molecule has 0 bridgehead atoms. The fourth-order valence-corrected chi connectivity index (χ4v) is 6.84. The summed E-state index contributed by atoms with van der Waals surface area (Å²) in [5.41, 5.74) is -0.797. The van der Waals surface area contributed by atoms with Crippen LogP contribution >= 0.6 is 0 Å². The molecule has 2 N–H and O–H groups in total. The maximum atomic E-state index is 15.5. The average Bonchev–Trinajstić information content (AvgIpc) is 3.17. The Morgan fingerprint density at radius 3 is 1.24 bits per heavy atom. The summed E-state index contributed by atoms with van der Waals surface area (Å²) in [6.07, 6.45) is 6.21. The molecule has 0 aliphatic carbocycles. The van der Waals surface area contributed by atoms with Gasteiger partial charge in [-0.25, -0.2) is 17.6 Å². The van der Waals surface area contributed by atoms with E-state index in [9.17, 15) is 27.8 Å². The summed E-state index contributed by atoms with van der Waals surface area (Å²) >= 11 is 0. The average molecular weight is 747 g/mol. The summed E-state index contributed by atoms with van der Waals surface area (Å²) < 4.78 is 102. The van der Waals surface area contributed by atoms with Crippen molar-refractivity contribution in [3.05, 3.63) is 108 Å². The summed E-state index contributed by atoms with van der Waals surface area (Å²) in [4.78, 5) is 0. The molecule has 282 valence electrons. The number of aromatic hydroxyl groups is 2. The van der Waals surface area contributed by atoms with Crippen LogP contribution in [0.3, 0.4) is 0 Å². The van der Waals surface area contributed by atoms with Gasteiger partial charge in [0.15, 0.2) is 34.8 Å². The molecule has 0 radical (unpaired) electrons. The zero-order valence-electron chi connectivity index (χ0n) is 30.0. The number of rotatable bonds is 15. The molecule has 54 heavy (non-hydrogen) atoms. The van der Waals surface area contributed by atoms with Crippen LogP contribution in [-0.2, 0) is 0 Å². The standard InChI is InChI=1S/C44H40F6O4/c1-3-5-7-13-19-53-43-31(23-33(45)37(47)39(43)49)29-21-25-15-9-11-17-27(25)35(41(29)51)36-28-18-12-10-16-26(28)22-30(42(36)52)32-24-34(46)38(48)40(50)44(32)54-20-14-8-6-4-2/h9-12,15-18,21-24,51-52H,3-8,13-14,19-20H2,1-2H3. The van der Waals surface area contributed by atoms with E-state index in [1.54, 1.807) is 48.5 Å². The molecule has 6 aromatic carbocycles. The highest BCUT2D eigenvalue weighted by molar-refractivity contribution is 6.14. The Balaban J connectivity index is 1.63. The van der Waals surface area contributed by atoms with Gasteiger partial charge in [-0.2, -0.15) is 8.78 Å². The lowest BCUT2D eigenvalue weighted by Gasteiger charge is -2.21. The van der Waals surface area contributed by atoms with Gasteiger partial charge in [0, 0.05) is 33.4 Å². The van der Waals surface area contributed by atoms with Gasteiger partial charge in [-0.1, -0.05) is 101 Å². The Kier molecular flexibility index (Phi) is 11.9. The molecule has 0 aliphatic rings. The first-order valence-electron chi connectivity index (χ1n) is 18.2. The molecule has 0 amide bonds. The first-order chi connectivity index (χ1) is 26.1. The predicted molar refractivity (Wildman–Crippen MR) is 200 cm³/mol. The maximum absolute atomic E-state index is 15.5. The highest BCUT2D eigenvalue weighted by atomic mass is 19.2. The lowest BCUT2D eigenvalue weighted by atomic mass is 9.86. The van der Waals surface area contributed by atoms with Crippen molar-refractivity contribution >= 4 is 21.5 Å². The zero-order valence-corrected chi connectivity index (χ0v) is 30.0. The Bertz CT molecular complexity index is 2160. The third kappa shape index (κ3) is 7.39. The van der Waals surface area contributed by atoms with Crippen LogP contribution in [0.15, 0.2) is 72.8 Å². The van der Waals surface area contributed by atoms with Crippen molar-refractivity contribution < 1.29 is 46.0 Å². The largest absolute Gasteiger partial charge is 0.507 e. The van der Waals surface area contributed by atoms with Gasteiger partial charge >= 0.3 is 0 Å². The molecular formula is C44H40F6O4. The van der Waals surface area contributed by atoms with E-state index < -0.39 is 57.9 Å². The number of hydrogen-bond donors (Lipinski definition) is 2. The van der Waals surface area contributed by atoms with E-state index in [4.69, 9.17) is 9.47 Å². The molecular weight excluding hydrogens is 706 g/mol. The van der Waals surface area contributed by atoms with Gasteiger partial charge in [-0.15, -0.1) is 0 Å². The SMILES string of the molecule is CCCCCCOc1c(-c2cc3ccccc3c(-c3c(O)c(-c4cc(F)c(F)c(F)c4OCCCCCC)cc4ccccc34)c2O)cc(F)c(F)c1F. The van der Waals surface area contributed by atoms with Gasteiger partial charge in [-0.3, -0.25) is 0 Å². The second kappa shape index (κ2) is 16.7. The molecule has 0 spiro atoms. The Morgan fingerprint density at radius 1 is 0.463 bits per heavy atom. The molecule has 6 aromatic rings. The molecule has 0 fully saturated rings. The number of phenolic OH excluding ortho intramolecular Hbond substituents is 2. The minimum atomic E-state index is -1.73. The minimum Gasteiger partial charge on any atom is -0.507 e. The van der Waals surface area contributed by atoms with E-state index in [1.807, 2.05) is 13.8 Å². The number of phenols is 2. The molecule has 0 aromatic heterocycles. The van der Waals surface area contributed by atoms with Crippen LogP contribution in [0.2, 0.25) is 0 Å². The van der Waals surface area contributed by atoms with E-state index in [1.165, 1.54) is 12.1 Å². The normalized spacial score (nSPS) is 11.5. The maximum Gasteiger partial charge on any atom is 0.204 e. The number of unbranched alkanes of at least 4 members (excludes halogenated alkanes) is 6. The fraction of sp³-hybridized carbons (Fsp3) is 0.273. The second-order valence-corrected chi connectivity index (χ2v) is 13.3. The number of hydrogen-bond acceptors (Lipinski definition) is 4. The Morgan fingerprint density at radius 2 is 0.852 bits per heavy atom. The third-order valence-corrected chi connectivity index (χ3v) is 9.60. The topological polar surface area (TPSA) is 58.9 Å². The molecule has 0 heterocycles. The summed E-state index contributed by atoms with van der Waals surface area (Å²) in [6, 6.07) is 17.9. The van der Waals surface area contributed by atoms with E-state index in [0.717, 1.165) is 50.7 Å². The monoisotopic (exact) mass is 746 g/mol. The lowest BCUT2D eigenvalue weighted by molar-refractivity contribution is 0.283. The van der Waals surface area contributed by atoms with Crippen molar-refractivity contribution in [2.24, 2.45) is 0 Å². The molecule has 0 unspecified atom stereocenters. The second-order valence-electron chi connectivity index (χ2n) is 13.3. The van der Waals surface area contributed by atoms with E-state index in [2.05, 4.69) is 0 Å². The van der Waals surface area contributed by atoms with Crippen molar-refractivity contribution in [2.45, 2.75) is 65.2 Å². The van der Waals surface area contributed by atoms with Crippen molar-refractivity contribution in [2.75, 3.05) is 13.2 Å². The Labute approximate surface area is 309 Å². The highest BCUT2D eigenvalue weighted by Gasteiger charge is 2.29. The predicted octanol–water partition coefficient (Wildman–Crippen LogP) is 13.2. The van der Waals surface area contributed by atoms with Gasteiger partial charge in [0.1, 0.15) is 11.5 Å². The molecule has 6 rings (SSSR count). The molecule has 0 atom stereocenters. The smallest absolute Gasteiger partial charge is 0.204 e. The molecule has 0 saturated heterocycles. The van der Waals surface area contributed by atoms with Crippen molar-refractivity contribution in [1.29, 1.82) is 0 Å². The van der Waals surface area contributed by atoms with E-state index in [0.29, 0.717) is 34.4 Å². The number of ether oxygens (including phenoxy) is 2. The number of halogens is 6. The lowest BCUT2D eigenvalue weighted by Crippen LogP contribution is -2.05. The minimum absolute atomic E-state index is 0.00252. The van der Waals surface area contributed by atoms with Crippen LogP contribution in [-0.4, -0.2) is 23.4 Å². The number of fused-ring (bicyclic) bond motifs is 2. The Hall–Kier alpha value is -5.38. The van der Waals surface area contributed by atoms with Crippen LogP contribution in [0.5, 0.6) is 23.0 Å². The molecule has 10 heteroatoms. The summed E-state index contributed by atoms with van der Waals surface area (Å²) in [5.74, 6) is -11.9. The van der Waals surface area contributed by atoms with E-state index in [-0.39, 0.29) is 46.6 Å². The van der Waals surface area contributed by atoms with Gasteiger partial charge < -0.3 is 19.7 Å². The fourth-order valence-electron chi connectivity index (χ4n) is 6.84. The first kappa shape index (κ1) is 38.3. The van der Waals surface area contributed by atoms with Crippen LogP contribution in [0.4, 0.5) is 26.3 Å². The van der Waals surface area contributed by atoms with Gasteiger partial charge in [-0.05, 0) is 58.7 Å². The van der Waals surface area contributed by atoms with Crippen molar-refractivity contribution in [3.8, 4) is 56.4 Å². The molecule has 0 saturated carbocycles. The molecule has 4 nitrogen and oxygen atoms in total. The van der Waals surface area contributed by atoms with E-state index >= 15 is 8.78 Å². The molecule has 0 aliphatic heterocycles. The van der Waals surface area contributed by atoms with Crippen molar-refractivity contribution in [1.82, 2.24) is 0 Å². The quantitative estimate of drug-likeness (QED) is 0.0624. The zero-order chi connectivity index (χ0) is 38.5. The van der Waals surface area contributed by atoms with Crippen LogP contribution in [0.25, 0.3) is 54.9 Å². The highest BCUT2D eigenvalue weighted by Crippen LogP contribution is 2.53. The first-order valence-corrected chi connectivity index (χ1v) is 18.2. The summed E-state index contributed by atoms with van der Waals surface area (Å²) in [5, 5.41) is 26.2. The summed E-state index contributed by atoms with van der Waals surface area (Å²) in [7, 11) is 0. The van der Waals surface area contributed by atoms with Crippen molar-refractivity contribution in [3.63, 3.8) is 0 Å². The van der Waals surface area contributed by atoms with Gasteiger partial charge in [0.2, 0.25) is 11.6 Å². The van der Waals surface area contributed by atoms with Crippen LogP contribution in [0, 0.1) is 34.9 Å². The summed E-state index contributed by atoms with van der Waals surface area (Å²) in [6.45, 7) is 4.03. The van der Waals surface area contributed by atoms with Gasteiger partial charge in [0.25, 0.3) is 0 Å². The third-order valence-electron chi connectivity index (χ3n) is 9.60. The van der Waals surface area contributed by atoms with Gasteiger partial charge in [0.05, 0.1) is 13.2 Å². The van der Waals surface area contributed by atoms with Crippen LogP contribution in [0.1, 0.15) is 65.2 Å². The number of benzene rings is 6. The van der Waals surface area contributed by atoms with Crippen LogP contribution < -0.4 is 9.47 Å².